The Hall–Kier alpha value is -2.55. The molecule has 0 aliphatic rings. The number of rotatable bonds is 7. The molecule has 218 valence electrons. The second-order valence-corrected chi connectivity index (χ2v) is 11.0. The van der Waals surface area contributed by atoms with Gasteiger partial charge in [-0.25, -0.2) is 14.4 Å². The molecule has 1 heterocycles. The molecule has 0 saturated carbocycles. The molecule has 0 atom stereocenters. The summed E-state index contributed by atoms with van der Waals surface area (Å²) in [5, 5.41) is 1.19. The number of hydrogen-bond acceptors (Lipinski definition) is 2. The standard InChI is InChI=1S/C15H20N2.C12H17F.C5H10.C4H10/c1-5-6-7-15-16-12(4)13-8-10(2)11(3)9-14(13)17-15;1-5-10-7-6-8-11(9(10)2)12(3,4)13;1-4-5(2)3;1-3-4-2/h8-9H,5-7H2,1-4H3;6-8H,5H2,1-4H3;2,4H2,1,3H3;3-4H2,1-2H3. The van der Waals surface area contributed by atoms with Crippen LogP contribution in [0.1, 0.15) is 127 Å². The van der Waals surface area contributed by atoms with Crippen molar-refractivity contribution in [3.63, 3.8) is 0 Å². The summed E-state index contributed by atoms with van der Waals surface area (Å²) < 4.78 is 13.7. The second-order valence-electron chi connectivity index (χ2n) is 11.0. The van der Waals surface area contributed by atoms with Gasteiger partial charge in [0, 0.05) is 17.5 Å². The van der Waals surface area contributed by atoms with Crippen LogP contribution >= 0.6 is 0 Å². The molecule has 3 heteroatoms. The van der Waals surface area contributed by atoms with E-state index in [0.717, 1.165) is 53.8 Å². The minimum absolute atomic E-state index is 0.812. The Balaban J connectivity index is 0.000000578. The van der Waals surface area contributed by atoms with Crippen LogP contribution in [0.5, 0.6) is 0 Å². The fourth-order valence-corrected chi connectivity index (χ4v) is 3.76. The summed E-state index contributed by atoms with van der Waals surface area (Å²) in [6.45, 7) is 28.0. The average molecular weight is 537 g/mol. The molecule has 1 aromatic heterocycles. The highest BCUT2D eigenvalue weighted by Crippen LogP contribution is 2.29. The summed E-state index contributed by atoms with van der Waals surface area (Å²) >= 11 is 0. The Labute approximate surface area is 240 Å². The van der Waals surface area contributed by atoms with Gasteiger partial charge in [0.1, 0.15) is 11.5 Å². The van der Waals surface area contributed by atoms with Crippen molar-refractivity contribution in [1.29, 1.82) is 0 Å². The van der Waals surface area contributed by atoms with Gasteiger partial charge in [-0.2, -0.15) is 0 Å². The number of aromatic nitrogens is 2. The van der Waals surface area contributed by atoms with Gasteiger partial charge in [-0.05, 0) is 108 Å². The number of nitrogens with zero attached hydrogens (tertiary/aromatic N) is 2. The lowest BCUT2D eigenvalue weighted by molar-refractivity contribution is 0.220. The first kappa shape index (κ1) is 36.5. The van der Waals surface area contributed by atoms with E-state index in [1.54, 1.807) is 13.8 Å². The van der Waals surface area contributed by atoms with Crippen LogP contribution in [0.15, 0.2) is 42.5 Å². The number of unbranched alkanes of at least 4 members (excludes halogenated alkanes) is 2. The molecular formula is C36H57FN2. The lowest BCUT2D eigenvalue weighted by Gasteiger charge is -2.19. The van der Waals surface area contributed by atoms with E-state index in [0.29, 0.717) is 0 Å². The summed E-state index contributed by atoms with van der Waals surface area (Å²) in [5.74, 6) is 0.986. The molecule has 2 nitrogen and oxygen atoms in total. The van der Waals surface area contributed by atoms with Crippen molar-refractivity contribution < 1.29 is 4.39 Å². The van der Waals surface area contributed by atoms with E-state index < -0.39 is 5.67 Å². The van der Waals surface area contributed by atoms with Gasteiger partial charge in [0.2, 0.25) is 0 Å². The highest BCUT2D eigenvalue weighted by Gasteiger charge is 2.21. The molecule has 0 aliphatic carbocycles. The lowest BCUT2D eigenvalue weighted by Crippen LogP contribution is -2.12. The number of allylic oxidation sites excluding steroid dienone is 1. The van der Waals surface area contributed by atoms with Crippen molar-refractivity contribution in [2.75, 3.05) is 0 Å². The molecule has 0 aliphatic heterocycles. The van der Waals surface area contributed by atoms with Crippen molar-refractivity contribution in [2.24, 2.45) is 0 Å². The predicted octanol–water partition coefficient (Wildman–Crippen LogP) is 11.4. The fourth-order valence-electron chi connectivity index (χ4n) is 3.76. The van der Waals surface area contributed by atoms with Crippen LogP contribution in [0.3, 0.4) is 0 Å². The van der Waals surface area contributed by atoms with E-state index in [4.69, 9.17) is 0 Å². The molecule has 2 aromatic carbocycles. The maximum atomic E-state index is 13.7. The van der Waals surface area contributed by atoms with Gasteiger partial charge >= 0.3 is 0 Å². The molecule has 0 radical (unpaired) electrons. The highest BCUT2D eigenvalue weighted by atomic mass is 19.1. The van der Waals surface area contributed by atoms with E-state index in [2.05, 4.69) is 90.1 Å². The van der Waals surface area contributed by atoms with Crippen LogP contribution in [-0.4, -0.2) is 9.97 Å². The largest absolute Gasteiger partial charge is 0.239 e. The van der Waals surface area contributed by atoms with E-state index in [9.17, 15) is 4.39 Å². The molecule has 0 unspecified atom stereocenters. The smallest absolute Gasteiger partial charge is 0.130 e. The molecule has 0 saturated heterocycles. The van der Waals surface area contributed by atoms with Gasteiger partial charge in [0.15, 0.2) is 0 Å². The van der Waals surface area contributed by atoms with Crippen LogP contribution in [-0.2, 0) is 18.5 Å². The maximum absolute atomic E-state index is 13.7. The minimum atomic E-state index is -1.23. The van der Waals surface area contributed by atoms with Crippen molar-refractivity contribution >= 4 is 10.9 Å². The predicted molar refractivity (Wildman–Crippen MR) is 173 cm³/mol. The first-order chi connectivity index (χ1) is 18.3. The molecule has 0 amide bonds. The van der Waals surface area contributed by atoms with Gasteiger partial charge in [-0.3, -0.25) is 0 Å². The van der Waals surface area contributed by atoms with Crippen molar-refractivity contribution in [1.82, 2.24) is 9.97 Å². The molecule has 0 bridgehead atoms. The van der Waals surface area contributed by atoms with E-state index >= 15 is 0 Å². The molecule has 0 N–H and O–H groups in total. The lowest BCUT2D eigenvalue weighted by atomic mass is 9.91. The number of fused-ring (bicyclic) bond motifs is 1. The SMILES string of the molecule is C=C(C)CC.CCCC.CCCCc1nc(C)c2cc(C)c(C)cc2n1.CCc1cccc(C(C)(C)F)c1C. The highest BCUT2D eigenvalue weighted by molar-refractivity contribution is 5.82. The third kappa shape index (κ3) is 13.4. The molecule has 3 aromatic rings. The maximum Gasteiger partial charge on any atom is 0.130 e. The summed E-state index contributed by atoms with van der Waals surface area (Å²) in [6.07, 6.45) is 8.05. The first-order valence-corrected chi connectivity index (χ1v) is 14.9. The summed E-state index contributed by atoms with van der Waals surface area (Å²) in [4.78, 5) is 9.26. The summed E-state index contributed by atoms with van der Waals surface area (Å²) in [6, 6.07) is 10.2. The van der Waals surface area contributed by atoms with Gasteiger partial charge in [0.25, 0.3) is 0 Å². The minimum Gasteiger partial charge on any atom is -0.239 e. The number of halogens is 1. The first-order valence-electron chi connectivity index (χ1n) is 14.9. The molecular weight excluding hydrogens is 479 g/mol. The Morgan fingerprint density at radius 1 is 0.872 bits per heavy atom. The van der Waals surface area contributed by atoms with Crippen molar-refractivity contribution in [3.8, 4) is 0 Å². The fraction of sp³-hybridized carbons (Fsp3) is 0.556. The van der Waals surface area contributed by atoms with Crippen LogP contribution in [0.2, 0.25) is 0 Å². The van der Waals surface area contributed by atoms with Crippen molar-refractivity contribution in [3.05, 3.63) is 81.8 Å². The van der Waals surface area contributed by atoms with Gasteiger partial charge in [-0.15, -0.1) is 6.58 Å². The van der Waals surface area contributed by atoms with Gasteiger partial charge in [0.05, 0.1) is 5.52 Å². The average Bonchev–Trinajstić information content (AvgIpc) is 2.89. The summed E-state index contributed by atoms with van der Waals surface area (Å²) in [5.41, 5.74) is 7.98. The molecule has 3 rings (SSSR count). The van der Waals surface area contributed by atoms with Gasteiger partial charge in [-0.1, -0.05) is 77.7 Å². The Bertz CT molecular complexity index is 1140. The Morgan fingerprint density at radius 3 is 1.90 bits per heavy atom. The second kappa shape index (κ2) is 18.7. The zero-order valence-electron chi connectivity index (χ0n) is 27.3. The van der Waals surface area contributed by atoms with E-state index in [1.165, 1.54) is 46.9 Å². The topological polar surface area (TPSA) is 25.8 Å². The molecule has 0 spiro atoms. The zero-order valence-corrected chi connectivity index (χ0v) is 27.3. The molecule has 0 fully saturated rings. The number of benzene rings is 2. The van der Waals surface area contributed by atoms with E-state index in [1.807, 2.05) is 26.0 Å². The zero-order chi connectivity index (χ0) is 30.2. The monoisotopic (exact) mass is 536 g/mol. The number of hydrogen-bond donors (Lipinski definition) is 0. The number of alkyl halides is 1. The van der Waals surface area contributed by atoms with Crippen LogP contribution in [0, 0.1) is 27.7 Å². The quantitative estimate of drug-likeness (QED) is 0.281. The normalized spacial score (nSPS) is 10.5. The third-order valence-electron chi connectivity index (χ3n) is 6.87. The van der Waals surface area contributed by atoms with Crippen LogP contribution < -0.4 is 0 Å². The Kier molecular flexibility index (Phi) is 17.5. The third-order valence-corrected chi connectivity index (χ3v) is 6.87. The van der Waals surface area contributed by atoms with Gasteiger partial charge < -0.3 is 0 Å². The molecule has 39 heavy (non-hydrogen) atoms. The van der Waals surface area contributed by atoms with Crippen molar-refractivity contribution in [2.45, 2.75) is 134 Å². The van der Waals surface area contributed by atoms with Crippen LogP contribution in [0.25, 0.3) is 10.9 Å². The van der Waals surface area contributed by atoms with E-state index in [-0.39, 0.29) is 0 Å². The van der Waals surface area contributed by atoms with Crippen LogP contribution in [0.4, 0.5) is 4.39 Å². The number of aryl methyl sites for hydroxylation is 5. The summed E-state index contributed by atoms with van der Waals surface area (Å²) in [7, 11) is 0. The Morgan fingerprint density at radius 2 is 1.44 bits per heavy atom.